The fourth-order valence-corrected chi connectivity index (χ4v) is 3.55. The summed E-state index contributed by atoms with van der Waals surface area (Å²) in [4.78, 5) is 11.6. The van der Waals surface area contributed by atoms with Gasteiger partial charge in [-0.2, -0.15) is 0 Å². The lowest BCUT2D eigenvalue weighted by Crippen LogP contribution is -2.33. The van der Waals surface area contributed by atoms with Gasteiger partial charge in [-0.15, -0.1) is 0 Å². The number of hydrogen-bond acceptors (Lipinski definition) is 1. The Kier molecular flexibility index (Phi) is 13.9. The Morgan fingerprint density at radius 1 is 1.12 bits per heavy atom. The van der Waals surface area contributed by atoms with Crippen LogP contribution in [0.3, 0.4) is 0 Å². The normalized spacial score (nSPS) is 18.0. The number of allylic oxidation sites excluding steroid dienone is 6. The molecule has 0 saturated heterocycles. The van der Waals surface area contributed by atoms with Crippen LogP contribution in [-0.4, -0.2) is 11.1 Å². The molecule has 1 aliphatic carbocycles. The molecular formula is C22H37BrO2. The predicted molar refractivity (Wildman–Crippen MR) is 113 cm³/mol. The van der Waals surface area contributed by atoms with Gasteiger partial charge in [0.05, 0.1) is 5.41 Å². The summed E-state index contributed by atoms with van der Waals surface area (Å²) in [5.74, 6) is -0.564. The molecule has 0 atom stereocenters. The molecule has 0 spiro atoms. The molecule has 1 saturated carbocycles. The summed E-state index contributed by atoms with van der Waals surface area (Å²) in [6, 6.07) is 0. The minimum absolute atomic E-state index is 0.417. The molecule has 2 nitrogen and oxygen atoms in total. The Balaban J connectivity index is 0.00000277. The zero-order chi connectivity index (χ0) is 19.1. The van der Waals surface area contributed by atoms with E-state index in [0.29, 0.717) is 0 Å². The Morgan fingerprint density at radius 2 is 1.76 bits per heavy atom. The number of unbranched alkanes of at least 4 members (excludes halogenated alkanes) is 2. The van der Waals surface area contributed by atoms with Crippen LogP contribution in [0.15, 0.2) is 34.4 Å². The highest BCUT2D eigenvalue weighted by molar-refractivity contribution is 9.11. The first-order valence-electron chi connectivity index (χ1n) is 9.89. The van der Waals surface area contributed by atoms with E-state index in [9.17, 15) is 9.90 Å². The number of carboxylic acid groups (broad SMARTS) is 1. The van der Waals surface area contributed by atoms with E-state index < -0.39 is 11.4 Å². The molecule has 1 N–H and O–H groups in total. The second-order valence-electron chi connectivity index (χ2n) is 6.68. The van der Waals surface area contributed by atoms with Crippen LogP contribution in [0, 0.1) is 5.41 Å². The fourth-order valence-electron chi connectivity index (χ4n) is 3.40. The summed E-state index contributed by atoms with van der Waals surface area (Å²) in [5, 5.41) is 9.59. The summed E-state index contributed by atoms with van der Waals surface area (Å²) in [5.41, 5.74) is 0.931. The van der Waals surface area contributed by atoms with Crippen molar-refractivity contribution in [2.75, 3.05) is 0 Å². The number of hydrogen-bond donors (Lipinski definition) is 1. The first kappa shape index (κ1) is 24.2. The monoisotopic (exact) mass is 412 g/mol. The Morgan fingerprint density at radius 3 is 2.28 bits per heavy atom. The van der Waals surface area contributed by atoms with E-state index in [1.807, 2.05) is 26.8 Å². The SMILES string of the molecule is CC.CC=C(/C=C\C=C(/C)Br)CCCCCC1(C(=O)O)CCCCC1. The first-order chi connectivity index (χ1) is 12.0. The Bertz CT molecular complexity index is 451. The van der Waals surface area contributed by atoms with Crippen molar-refractivity contribution in [2.45, 2.75) is 91.9 Å². The highest BCUT2D eigenvalue weighted by Crippen LogP contribution is 2.41. The summed E-state index contributed by atoms with van der Waals surface area (Å²) in [6.07, 6.45) is 18.8. The van der Waals surface area contributed by atoms with Crippen molar-refractivity contribution >= 4 is 21.9 Å². The lowest BCUT2D eigenvalue weighted by molar-refractivity contribution is -0.151. The number of halogens is 1. The molecule has 0 aromatic carbocycles. The Labute approximate surface area is 163 Å². The third-order valence-corrected chi connectivity index (χ3v) is 5.16. The summed E-state index contributed by atoms with van der Waals surface area (Å²) >= 11 is 3.42. The molecule has 0 heterocycles. The molecular weight excluding hydrogens is 376 g/mol. The van der Waals surface area contributed by atoms with Crippen LogP contribution in [0.25, 0.3) is 0 Å². The van der Waals surface area contributed by atoms with Gasteiger partial charge in [-0.3, -0.25) is 4.79 Å². The number of carbonyl (C=O) groups is 1. The fraction of sp³-hybridized carbons (Fsp3) is 0.682. The predicted octanol–water partition coefficient (Wildman–Crippen LogP) is 7.80. The number of carboxylic acids is 1. The molecule has 0 radical (unpaired) electrons. The maximum Gasteiger partial charge on any atom is 0.309 e. The third kappa shape index (κ3) is 10.0. The van der Waals surface area contributed by atoms with Crippen LogP contribution in [0.5, 0.6) is 0 Å². The van der Waals surface area contributed by atoms with Gasteiger partial charge in [-0.25, -0.2) is 0 Å². The average molecular weight is 413 g/mol. The molecule has 144 valence electrons. The molecule has 0 aromatic rings. The first-order valence-corrected chi connectivity index (χ1v) is 10.7. The third-order valence-electron chi connectivity index (χ3n) is 4.89. The smallest absolute Gasteiger partial charge is 0.309 e. The van der Waals surface area contributed by atoms with Crippen molar-refractivity contribution in [3.8, 4) is 0 Å². The largest absolute Gasteiger partial charge is 0.481 e. The molecule has 0 aromatic heterocycles. The van der Waals surface area contributed by atoms with E-state index in [2.05, 4.69) is 41.1 Å². The van der Waals surface area contributed by atoms with Gasteiger partial charge in [0.25, 0.3) is 0 Å². The molecule has 3 heteroatoms. The minimum Gasteiger partial charge on any atom is -0.481 e. The molecule has 1 fully saturated rings. The van der Waals surface area contributed by atoms with Crippen molar-refractivity contribution in [1.82, 2.24) is 0 Å². The van der Waals surface area contributed by atoms with Gasteiger partial charge in [0.1, 0.15) is 0 Å². The second kappa shape index (κ2) is 14.4. The van der Waals surface area contributed by atoms with Crippen molar-refractivity contribution in [1.29, 1.82) is 0 Å². The number of rotatable bonds is 9. The van der Waals surface area contributed by atoms with E-state index in [1.165, 1.54) is 12.0 Å². The van der Waals surface area contributed by atoms with Crippen LogP contribution in [0.1, 0.15) is 91.9 Å². The second-order valence-corrected chi connectivity index (χ2v) is 7.93. The highest BCUT2D eigenvalue weighted by atomic mass is 79.9. The molecule has 0 amide bonds. The van der Waals surface area contributed by atoms with E-state index in [4.69, 9.17) is 0 Å². The standard InChI is InChI=1S/C20H31BrO2.C2H6/c1-3-18(13-10-11-17(2)21)12-6-4-7-14-20(19(22)23)15-8-5-9-16-20;1-2/h3,10-11,13H,4-9,12,14-16H2,1-2H3,(H,22,23);1-2H3/b13-10-,17-11+,18-3?;. The summed E-state index contributed by atoms with van der Waals surface area (Å²) in [6.45, 7) is 8.09. The van der Waals surface area contributed by atoms with Crippen molar-refractivity contribution in [3.05, 3.63) is 34.4 Å². The molecule has 0 aliphatic heterocycles. The van der Waals surface area contributed by atoms with Crippen LogP contribution >= 0.6 is 15.9 Å². The van der Waals surface area contributed by atoms with Crippen LogP contribution in [0.4, 0.5) is 0 Å². The van der Waals surface area contributed by atoms with Gasteiger partial charge in [0.15, 0.2) is 0 Å². The van der Waals surface area contributed by atoms with Gasteiger partial charge in [-0.1, -0.05) is 91.8 Å². The lowest BCUT2D eigenvalue weighted by Gasteiger charge is -2.33. The molecule has 1 rings (SSSR count). The van der Waals surface area contributed by atoms with Crippen LogP contribution in [0.2, 0.25) is 0 Å². The molecule has 25 heavy (non-hydrogen) atoms. The van der Waals surface area contributed by atoms with Crippen LogP contribution < -0.4 is 0 Å². The quantitative estimate of drug-likeness (QED) is 0.309. The molecule has 1 aliphatic rings. The minimum atomic E-state index is -0.564. The van der Waals surface area contributed by atoms with E-state index >= 15 is 0 Å². The zero-order valence-electron chi connectivity index (χ0n) is 16.6. The van der Waals surface area contributed by atoms with Gasteiger partial charge >= 0.3 is 5.97 Å². The van der Waals surface area contributed by atoms with Crippen molar-refractivity contribution < 1.29 is 9.90 Å². The average Bonchev–Trinajstić information content (AvgIpc) is 2.62. The lowest BCUT2D eigenvalue weighted by atomic mass is 9.71. The summed E-state index contributed by atoms with van der Waals surface area (Å²) in [7, 11) is 0. The Hall–Kier alpha value is -0.830. The maximum absolute atomic E-state index is 11.6. The van der Waals surface area contributed by atoms with Crippen LogP contribution in [-0.2, 0) is 4.79 Å². The zero-order valence-corrected chi connectivity index (χ0v) is 18.2. The van der Waals surface area contributed by atoms with Gasteiger partial charge in [0, 0.05) is 0 Å². The van der Waals surface area contributed by atoms with E-state index in [1.54, 1.807) is 0 Å². The van der Waals surface area contributed by atoms with Gasteiger partial charge in [0.2, 0.25) is 0 Å². The van der Waals surface area contributed by atoms with E-state index in [-0.39, 0.29) is 0 Å². The number of aliphatic carboxylic acids is 1. The van der Waals surface area contributed by atoms with E-state index in [0.717, 1.165) is 62.3 Å². The van der Waals surface area contributed by atoms with Gasteiger partial charge in [-0.05, 0) is 50.4 Å². The maximum atomic E-state index is 11.6. The topological polar surface area (TPSA) is 37.3 Å². The van der Waals surface area contributed by atoms with Crippen molar-refractivity contribution in [2.24, 2.45) is 5.41 Å². The molecule has 0 bridgehead atoms. The summed E-state index contributed by atoms with van der Waals surface area (Å²) < 4.78 is 1.12. The highest BCUT2D eigenvalue weighted by Gasteiger charge is 2.38. The van der Waals surface area contributed by atoms with Crippen molar-refractivity contribution in [3.63, 3.8) is 0 Å². The molecule has 0 unspecified atom stereocenters. The van der Waals surface area contributed by atoms with Gasteiger partial charge < -0.3 is 5.11 Å².